The van der Waals surface area contributed by atoms with Crippen molar-refractivity contribution in [3.05, 3.63) is 71.8 Å². The topological polar surface area (TPSA) is 83.6 Å². The van der Waals surface area contributed by atoms with Gasteiger partial charge in [0.15, 0.2) is 0 Å². The Balaban J connectivity index is 1.32. The van der Waals surface area contributed by atoms with Crippen LogP contribution in [0.2, 0.25) is 0 Å². The van der Waals surface area contributed by atoms with Crippen LogP contribution in [-0.4, -0.2) is 35.9 Å². The molecule has 274 valence electrons. The van der Waals surface area contributed by atoms with Crippen molar-refractivity contribution >= 4 is 23.8 Å². The Kier molecular flexibility index (Phi) is 21.2. The molecule has 6 nitrogen and oxygen atoms in total. The molecule has 0 spiro atoms. The Hall–Kier alpha value is -3.80. The zero-order valence-corrected chi connectivity index (χ0v) is 31.1. The van der Waals surface area contributed by atoms with Gasteiger partial charge in [-0.1, -0.05) is 129 Å². The van der Waals surface area contributed by atoms with Crippen LogP contribution in [0.4, 0.5) is 11.4 Å². The highest BCUT2D eigenvalue weighted by Gasteiger charge is 2.04. The molecule has 0 aliphatic rings. The molecule has 0 amide bonds. The standard InChI is InChI=1S/C44H64N2O4/c1-3-5-7-9-11-13-15-17-19-21-31-49-41-29-23-37(43(47)33-41)35-45-39-25-27-40(28-26-39)46-36-38-24-30-42(34-44(38)48)50-32-22-20-18-16-14-12-10-8-6-4-2/h23-30,33-36,47-48H,3-22,31-32H2,1-2H3. The molecule has 0 saturated carbocycles. The van der Waals surface area contributed by atoms with Gasteiger partial charge in [0.2, 0.25) is 0 Å². The number of hydrogen-bond donors (Lipinski definition) is 2. The average molecular weight is 685 g/mol. The fourth-order valence-corrected chi connectivity index (χ4v) is 5.92. The lowest BCUT2D eigenvalue weighted by atomic mass is 10.1. The van der Waals surface area contributed by atoms with Crippen LogP contribution in [0.3, 0.4) is 0 Å². The number of aromatic hydroxyl groups is 2. The summed E-state index contributed by atoms with van der Waals surface area (Å²) in [6.45, 7) is 5.85. The number of ether oxygens (including phenoxy) is 2. The number of nitrogens with zero attached hydrogens (tertiary/aromatic N) is 2. The van der Waals surface area contributed by atoms with E-state index < -0.39 is 0 Å². The Morgan fingerprint density at radius 3 is 1.08 bits per heavy atom. The second-order valence-corrected chi connectivity index (χ2v) is 13.5. The highest BCUT2D eigenvalue weighted by molar-refractivity contribution is 5.87. The summed E-state index contributed by atoms with van der Waals surface area (Å²) in [6.07, 6.45) is 29.1. The quantitative estimate of drug-likeness (QED) is 0.0589. The van der Waals surface area contributed by atoms with Crippen LogP contribution in [0.25, 0.3) is 0 Å². The number of phenols is 2. The average Bonchev–Trinajstić information content (AvgIpc) is 3.12. The molecule has 2 N–H and O–H groups in total. The normalized spacial score (nSPS) is 11.6. The van der Waals surface area contributed by atoms with Gasteiger partial charge in [0.1, 0.15) is 23.0 Å². The highest BCUT2D eigenvalue weighted by atomic mass is 16.5. The van der Waals surface area contributed by atoms with Gasteiger partial charge < -0.3 is 19.7 Å². The molecule has 6 heteroatoms. The van der Waals surface area contributed by atoms with E-state index in [4.69, 9.17) is 9.47 Å². The zero-order chi connectivity index (χ0) is 35.5. The zero-order valence-electron chi connectivity index (χ0n) is 31.1. The van der Waals surface area contributed by atoms with E-state index >= 15 is 0 Å². The third-order valence-electron chi connectivity index (χ3n) is 9.09. The first-order chi connectivity index (χ1) is 24.6. The maximum absolute atomic E-state index is 10.5. The molecule has 0 aliphatic heterocycles. The van der Waals surface area contributed by atoms with E-state index in [1.807, 2.05) is 48.5 Å². The lowest BCUT2D eigenvalue weighted by Gasteiger charge is -2.08. The maximum atomic E-state index is 10.5. The van der Waals surface area contributed by atoms with E-state index in [1.165, 1.54) is 116 Å². The first kappa shape index (κ1) is 40.6. The van der Waals surface area contributed by atoms with Crippen LogP contribution in [0.1, 0.15) is 153 Å². The maximum Gasteiger partial charge on any atom is 0.128 e. The Morgan fingerprint density at radius 2 is 0.760 bits per heavy atom. The fraction of sp³-hybridized carbons (Fsp3) is 0.545. The molecule has 3 rings (SSSR count). The third kappa shape index (κ3) is 17.7. The summed E-state index contributed by atoms with van der Waals surface area (Å²) in [7, 11) is 0. The molecule has 0 bridgehead atoms. The summed E-state index contributed by atoms with van der Waals surface area (Å²) in [6, 6.07) is 18.2. The monoisotopic (exact) mass is 684 g/mol. The molecule has 3 aromatic carbocycles. The van der Waals surface area contributed by atoms with Gasteiger partial charge in [0.25, 0.3) is 0 Å². The van der Waals surface area contributed by atoms with Gasteiger partial charge in [0, 0.05) is 35.7 Å². The summed E-state index contributed by atoms with van der Waals surface area (Å²) in [5.41, 5.74) is 2.75. The lowest BCUT2D eigenvalue weighted by Crippen LogP contribution is -1.97. The molecule has 0 heterocycles. The third-order valence-corrected chi connectivity index (χ3v) is 9.09. The molecule has 3 aromatic rings. The van der Waals surface area contributed by atoms with E-state index in [1.54, 1.807) is 24.6 Å². The van der Waals surface area contributed by atoms with Crippen molar-refractivity contribution in [2.24, 2.45) is 9.98 Å². The molecule has 0 atom stereocenters. The van der Waals surface area contributed by atoms with Gasteiger partial charge in [-0.3, -0.25) is 9.98 Å². The smallest absolute Gasteiger partial charge is 0.128 e. The second kappa shape index (κ2) is 26.1. The molecule has 0 radical (unpaired) electrons. The van der Waals surface area contributed by atoms with Crippen molar-refractivity contribution in [2.75, 3.05) is 13.2 Å². The predicted octanol–water partition coefficient (Wildman–Crippen LogP) is 13.2. The Bertz CT molecular complexity index is 1260. The van der Waals surface area contributed by atoms with Crippen molar-refractivity contribution < 1.29 is 19.7 Å². The van der Waals surface area contributed by atoms with Crippen molar-refractivity contribution in [1.82, 2.24) is 0 Å². The first-order valence-electron chi connectivity index (χ1n) is 19.7. The van der Waals surface area contributed by atoms with E-state index in [-0.39, 0.29) is 11.5 Å². The van der Waals surface area contributed by atoms with Crippen LogP contribution in [-0.2, 0) is 0 Å². The van der Waals surface area contributed by atoms with Crippen LogP contribution >= 0.6 is 0 Å². The van der Waals surface area contributed by atoms with Gasteiger partial charge in [-0.15, -0.1) is 0 Å². The van der Waals surface area contributed by atoms with Gasteiger partial charge in [-0.25, -0.2) is 0 Å². The molecule has 0 unspecified atom stereocenters. The predicted molar refractivity (Wildman–Crippen MR) is 212 cm³/mol. The van der Waals surface area contributed by atoms with E-state index in [0.717, 1.165) is 24.2 Å². The van der Waals surface area contributed by atoms with Crippen LogP contribution < -0.4 is 9.47 Å². The van der Waals surface area contributed by atoms with E-state index in [2.05, 4.69) is 23.8 Å². The minimum Gasteiger partial charge on any atom is -0.507 e. The molecule has 0 aliphatic carbocycles. The summed E-state index contributed by atoms with van der Waals surface area (Å²) in [5, 5.41) is 21.0. The van der Waals surface area contributed by atoms with Crippen LogP contribution in [0.5, 0.6) is 23.0 Å². The number of phenolic OH excluding ortho intramolecular Hbond substituents is 2. The van der Waals surface area contributed by atoms with Crippen molar-refractivity contribution in [2.45, 2.75) is 142 Å². The van der Waals surface area contributed by atoms with Crippen LogP contribution in [0.15, 0.2) is 70.6 Å². The lowest BCUT2D eigenvalue weighted by molar-refractivity contribution is 0.302. The van der Waals surface area contributed by atoms with Gasteiger partial charge in [-0.05, 0) is 61.4 Å². The summed E-state index contributed by atoms with van der Waals surface area (Å²) in [5.74, 6) is 1.64. The van der Waals surface area contributed by atoms with Gasteiger partial charge >= 0.3 is 0 Å². The van der Waals surface area contributed by atoms with Crippen molar-refractivity contribution in [3.63, 3.8) is 0 Å². The molecule has 0 saturated heterocycles. The number of unbranched alkanes of at least 4 members (excludes halogenated alkanes) is 18. The highest BCUT2D eigenvalue weighted by Crippen LogP contribution is 2.26. The summed E-state index contributed by atoms with van der Waals surface area (Å²) >= 11 is 0. The molecular formula is C44H64N2O4. The molecule has 0 aromatic heterocycles. The molecular weight excluding hydrogens is 620 g/mol. The van der Waals surface area contributed by atoms with E-state index in [9.17, 15) is 10.2 Å². The minimum absolute atomic E-state index is 0.144. The number of benzene rings is 3. The fourth-order valence-electron chi connectivity index (χ4n) is 5.92. The Labute approximate surface area is 303 Å². The second-order valence-electron chi connectivity index (χ2n) is 13.5. The minimum atomic E-state index is 0.144. The van der Waals surface area contributed by atoms with Gasteiger partial charge in [-0.2, -0.15) is 0 Å². The Morgan fingerprint density at radius 1 is 0.440 bits per heavy atom. The van der Waals surface area contributed by atoms with Gasteiger partial charge in [0.05, 0.1) is 24.6 Å². The summed E-state index contributed by atoms with van der Waals surface area (Å²) < 4.78 is 11.7. The summed E-state index contributed by atoms with van der Waals surface area (Å²) in [4.78, 5) is 9.02. The number of rotatable bonds is 28. The largest absolute Gasteiger partial charge is 0.507 e. The van der Waals surface area contributed by atoms with Crippen molar-refractivity contribution in [1.29, 1.82) is 0 Å². The number of aliphatic imine (C=N–C) groups is 2. The number of hydrogen-bond acceptors (Lipinski definition) is 6. The molecule has 50 heavy (non-hydrogen) atoms. The van der Waals surface area contributed by atoms with Crippen molar-refractivity contribution in [3.8, 4) is 23.0 Å². The van der Waals surface area contributed by atoms with Crippen LogP contribution in [0, 0.1) is 0 Å². The molecule has 0 fully saturated rings. The SMILES string of the molecule is CCCCCCCCCCCCOc1ccc(C=Nc2ccc(N=Cc3ccc(OCCCCCCCCCCCC)cc3O)cc2)c(O)c1. The first-order valence-corrected chi connectivity index (χ1v) is 19.7. The van der Waals surface area contributed by atoms with E-state index in [0.29, 0.717) is 35.8 Å².